The van der Waals surface area contributed by atoms with E-state index in [-0.39, 0.29) is 17.5 Å². The fourth-order valence-electron chi connectivity index (χ4n) is 1.63. The van der Waals surface area contributed by atoms with Gasteiger partial charge in [0.2, 0.25) is 0 Å². The molecule has 0 saturated heterocycles. The monoisotopic (exact) mass is 271 g/mol. The molecule has 0 bridgehead atoms. The maximum absolute atomic E-state index is 12.1. The summed E-state index contributed by atoms with van der Waals surface area (Å²) >= 11 is 0. The number of nitrogens with zero attached hydrogens (tertiary/aromatic N) is 1. The Morgan fingerprint density at radius 1 is 1.25 bits per heavy atom. The van der Waals surface area contributed by atoms with E-state index in [0.717, 1.165) is 11.3 Å². The minimum Gasteiger partial charge on any atom is -0.491 e. The Balaban J connectivity index is 2.98. The summed E-state index contributed by atoms with van der Waals surface area (Å²) in [7, 11) is 0. The molecule has 1 rings (SSSR count). The number of carbonyl (C=O) groups is 1. The molecular formula is C17H21NO2. The summed E-state index contributed by atoms with van der Waals surface area (Å²) in [5, 5.41) is 9.13. The van der Waals surface area contributed by atoms with Gasteiger partial charge in [0.25, 0.3) is 0 Å². The highest BCUT2D eigenvalue weighted by molar-refractivity contribution is 6.06. The smallest absolute Gasteiger partial charge is 0.178 e. The van der Waals surface area contributed by atoms with Gasteiger partial charge >= 0.3 is 0 Å². The summed E-state index contributed by atoms with van der Waals surface area (Å²) < 4.78 is 5.55. The van der Waals surface area contributed by atoms with Gasteiger partial charge in [0, 0.05) is 5.41 Å². The van der Waals surface area contributed by atoms with Crippen molar-refractivity contribution < 1.29 is 9.53 Å². The summed E-state index contributed by atoms with van der Waals surface area (Å²) in [4.78, 5) is 12.1. The van der Waals surface area contributed by atoms with Crippen molar-refractivity contribution in [3.63, 3.8) is 0 Å². The van der Waals surface area contributed by atoms with Crippen molar-refractivity contribution in [1.29, 1.82) is 5.26 Å². The van der Waals surface area contributed by atoms with Crippen LogP contribution in [0.3, 0.4) is 0 Å². The van der Waals surface area contributed by atoms with Gasteiger partial charge in [-0.15, -0.1) is 0 Å². The van der Waals surface area contributed by atoms with Crippen molar-refractivity contribution in [3.05, 3.63) is 35.4 Å². The molecular weight excluding hydrogens is 250 g/mol. The molecule has 3 heteroatoms. The molecule has 0 saturated carbocycles. The lowest BCUT2D eigenvalue weighted by molar-refractivity contribution is -0.121. The average Bonchev–Trinajstić information content (AvgIpc) is 2.35. The fourth-order valence-corrected chi connectivity index (χ4v) is 1.63. The van der Waals surface area contributed by atoms with Gasteiger partial charge in [-0.25, -0.2) is 0 Å². The van der Waals surface area contributed by atoms with Gasteiger partial charge < -0.3 is 4.74 Å². The van der Waals surface area contributed by atoms with Gasteiger partial charge in [0.1, 0.15) is 11.8 Å². The molecule has 0 radical (unpaired) electrons. The molecule has 0 aliphatic rings. The lowest BCUT2D eigenvalue weighted by Gasteiger charge is -2.15. The van der Waals surface area contributed by atoms with E-state index >= 15 is 0 Å². The number of nitriles is 1. The second-order valence-electron chi connectivity index (χ2n) is 5.98. The second kappa shape index (κ2) is 6.38. The van der Waals surface area contributed by atoms with Crippen molar-refractivity contribution >= 4 is 11.9 Å². The van der Waals surface area contributed by atoms with E-state index in [1.807, 2.05) is 44.2 Å². The van der Waals surface area contributed by atoms with Crippen LogP contribution in [0.15, 0.2) is 29.8 Å². The third-order valence-corrected chi connectivity index (χ3v) is 2.61. The maximum atomic E-state index is 12.1. The lowest BCUT2D eigenvalue weighted by atomic mass is 9.86. The minimum atomic E-state index is -0.553. The molecule has 0 atom stereocenters. The average molecular weight is 271 g/mol. The highest BCUT2D eigenvalue weighted by Gasteiger charge is 2.24. The van der Waals surface area contributed by atoms with E-state index in [1.165, 1.54) is 0 Å². The Morgan fingerprint density at radius 2 is 1.80 bits per heavy atom. The zero-order chi connectivity index (χ0) is 15.3. The van der Waals surface area contributed by atoms with Crippen LogP contribution >= 0.6 is 0 Å². The molecule has 0 amide bonds. The van der Waals surface area contributed by atoms with Crippen LogP contribution in [0.5, 0.6) is 5.75 Å². The lowest BCUT2D eigenvalue weighted by Crippen LogP contribution is -2.21. The molecule has 1 aromatic rings. The number of hydrogen-bond acceptors (Lipinski definition) is 3. The van der Waals surface area contributed by atoms with Gasteiger partial charge in [-0.3, -0.25) is 4.79 Å². The summed E-state index contributed by atoms with van der Waals surface area (Å²) in [6.45, 7) is 9.34. The van der Waals surface area contributed by atoms with E-state index in [2.05, 4.69) is 0 Å². The molecule has 0 heterocycles. The first kappa shape index (κ1) is 16.0. The highest BCUT2D eigenvalue weighted by Crippen LogP contribution is 2.22. The summed E-state index contributed by atoms with van der Waals surface area (Å²) in [6.07, 6.45) is 1.74. The summed E-state index contributed by atoms with van der Waals surface area (Å²) in [5.41, 5.74) is 0.438. The molecule has 20 heavy (non-hydrogen) atoms. The largest absolute Gasteiger partial charge is 0.491 e. The molecule has 0 aliphatic heterocycles. The molecule has 0 aliphatic carbocycles. The quantitative estimate of drug-likeness (QED) is 0.614. The van der Waals surface area contributed by atoms with Crippen LogP contribution < -0.4 is 4.74 Å². The van der Waals surface area contributed by atoms with Crippen molar-refractivity contribution in [2.45, 2.75) is 40.7 Å². The molecule has 0 spiro atoms. The first-order valence-electron chi connectivity index (χ1n) is 6.67. The van der Waals surface area contributed by atoms with Gasteiger partial charge in [-0.2, -0.15) is 5.26 Å². The van der Waals surface area contributed by atoms with Gasteiger partial charge in [0.05, 0.1) is 11.7 Å². The van der Waals surface area contributed by atoms with Crippen LogP contribution in [-0.2, 0) is 4.79 Å². The van der Waals surface area contributed by atoms with Crippen LogP contribution in [-0.4, -0.2) is 11.9 Å². The number of benzene rings is 1. The predicted octanol–water partition coefficient (Wildman–Crippen LogP) is 4.00. The number of Topliss-reactive ketones (excluding diaryl/α,β-unsaturated/α-hetero) is 1. The number of ketones is 1. The summed E-state index contributed by atoms with van der Waals surface area (Å²) in [5.74, 6) is 0.625. The first-order chi connectivity index (χ1) is 9.24. The molecule has 0 aromatic heterocycles. The van der Waals surface area contributed by atoms with Crippen LogP contribution in [0.25, 0.3) is 6.08 Å². The minimum absolute atomic E-state index is 0.119. The number of carbonyl (C=O) groups excluding carboxylic acids is 1. The Morgan fingerprint density at radius 3 is 2.20 bits per heavy atom. The predicted molar refractivity (Wildman–Crippen MR) is 80.3 cm³/mol. The van der Waals surface area contributed by atoms with Crippen molar-refractivity contribution in [2.75, 3.05) is 0 Å². The van der Waals surface area contributed by atoms with Crippen LogP contribution in [0.4, 0.5) is 0 Å². The maximum Gasteiger partial charge on any atom is 0.178 e. The van der Waals surface area contributed by atoms with Crippen LogP contribution in [0.1, 0.15) is 40.2 Å². The molecule has 0 N–H and O–H groups in total. The van der Waals surface area contributed by atoms with Crippen LogP contribution in [0, 0.1) is 16.7 Å². The van der Waals surface area contributed by atoms with Crippen LogP contribution in [0.2, 0.25) is 0 Å². The third-order valence-electron chi connectivity index (χ3n) is 2.61. The van der Waals surface area contributed by atoms with E-state index in [4.69, 9.17) is 10.00 Å². The van der Waals surface area contributed by atoms with E-state index in [1.54, 1.807) is 26.8 Å². The number of hydrogen-bond donors (Lipinski definition) is 0. The fraction of sp³-hybridized carbons (Fsp3) is 0.412. The van der Waals surface area contributed by atoms with Crippen molar-refractivity contribution in [3.8, 4) is 11.8 Å². The Labute approximate surface area is 120 Å². The third kappa shape index (κ3) is 4.55. The normalized spacial score (nSPS) is 12.2. The molecule has 0 unspecified atom stereocenters. The van der Waals surface area contributed by atoms with Gasteiger partial charge in [-0.05, 0) is 37.6 Å². The zero-order valence-electron chi connectivity index (χ0n) is 12.7. The van der Waals surface area contributed by atoms with E-state index in [0.29, 0.717) is 0 Å². The SMILES string of the molecule is CC(C)Oc1ccc(C=C(C#N)C(=O)C(C)(C)C)cc1. The Kier molecular flexibility index (Phi) is 5.10. The highest BCUT2D eigenvalue weighted by atomic mass is 16.5. The van der Waals surface area contributed by atoms with Crippen molar-refractivity contribution in [1.82, 2.24) is 0 Å². The van der Waals surface area contributed by atoms with Crippen molar-refractivity contribution in [2.24, 2.45) is 5.41 Å². The molecule has 1 aromatic carbocycles. The van der Waals surface area contributed by atoms with E-state index in [9.17, 15) is 4.79 Å². The zero-order valence-corrected chi connectivity index (χ0v) is 12.7. The van der Waals surface area contributed by atoms with E-state index < -0.39 is 5.41 Å². The summed E-state index contributed by atoms with van der Waals surface area (Å²) in [6, 6.07) is 9.33. The standard InChI is InChI=1S/C17H21NO2/c1-12(2)20-15-8-6-13(7-9-15)10-14(11-18)16(19)17(3,4)5/h6-10,12H,1-5H3. The Hall–Kier alpha value is -2.08. The Bertz CT molecular complexity index is 540. The van der Waals surface area contributed by atoms with Gasteiger partial charge in [0.15, 0.2) is 5.78 Å². The first-order valence-corrected chi connectivity index (χ1v) is 6.67. The topological polar surface area (TPSA) is 50.1 Å². The number of rotatable bonds is 4. The molecule has 106 valence electrons. The molecule has 0 fully saturated rings. The molecule has 3 nitrogen and oxygen atoms in total. The van der Waals surface area contributed by atoms with Gasteiger partial charge in [-0.1, -0.05) is 32.9 Å². The second-order valence-corrected chi connectivity index (χ2v) is 5.98. The number of allylic oxidation sites excluding steroid dienone is 1. The number of ether oxygens (including phenoxy) is 1.